The van der Waals surface area contributed by atoms with Gasteiger partial charge in [0.2, 0.25) is 0 Å². The Hall–Kier alpha value is -0.350. The van der Waals surface area contributed by atoms with E-state index >= 15 is 0 Å². The molecule has 0 amide bonds. The third kappa shape index (κ3) is 2.74. The lowest BCUT2D eigenvalue weighted by Gasteiger charge is -2.05. The lowest BCUT2D eigenvalue weighted by Crippen LogP contribution is -1.94. The average molecular weight is 352 g/mol. The predicted molar refractivity (Wildman–Crippen MR) is 74.9 cm³/mol. The number of aromatic nitrogens is 2. The summed E-state index contributed by atoms with van der Waals surface area (Å²) in [4.78, 5) is 8.51. The van der Waals surface area contributed by atoms with Crippen LogP contribution in [0.1, 0.15) is 5.69 Å². The van der Waals surface area contributed by atoms with E-state index in [9.17, 15) is 0 Å². The van der Waals surface area contributed by atoms with Gasteiger partial charge in [0.25, 0.3) is 0 Å². The summed E-state index contributed by atoms with van der Waals surface area (Å²) in [6.07, 6.45) is 0. The van der Waals surface area contributed by atoms with Crippen LogP contribution >= 0.6 is 50.7 Å². The zero-order valence-corrected chi connectivity index (χ0v) is 12.5. The lowest BCUT2D eigenvalue weighted by atomic mass is 10.2. The molecule has 0 saturated heterocycles. The molecule has 0 spiro atoms. The molecule has 0 unspecified atom stereocenters. The standard InChI is InChI=1S/C11H6BrCl3N2/c1-5-9(12)10(15)17-11(16-5)6-2-3-7(13)8(14)4-6/h2-4H,1H3. The van der Waals surface area contributed by atoms with E-state index in [-0.39, 0.29) is 0 Å². The van der Waals surface area contributed by atoms with Gasteiger partial charge in [-0.25, -0.2) is 9.97 Å². The van der Waals surface area contributed by atoms with Crippen LogP contribution < -0.4 is 0 Å². The van der Waals surface area contributed by atoms with Gasteiger partial charge in [-0.3, -0.25) is 0 Å². The molecule has 0 atom stereocenters. The van der Waals surface area contributed by atoms with E-state index in [1.807, 2.05) is 6.92 Å². The molecule has 6 heteroatoms. The molecule has 0 aliphatic carbocycles. The number of hydrogen-bond acceptors (Lipinski definition) is 2. The van der Waals surface area contributed by atoms with Crippen molar-refractivity contribution in [2.75, 3.05) is 0 Å². The fraction of sp³-hybridized carbons (Fsp3) is 0.0909. The first-order chi connectivity index (χ1) is 7.99. The monoisotopic (exact) mass is 350 g/mol. The largest absolute Gasteiger partial charge is 0.232 e. The van der Waals surface area contributed by atoms with Gasteiger partial charge in [0.15, 0.2) is 5.82 Å². The van der Waals surface area contributed by atoms with Crippen LogP contribution in [-0.2, 0) is 0 Å². The molecular weight excluding hydrogens is 346 g/mol. The van der Waals surface area contributed by atoms with E-state index in [4.69, 9.17) is 34.8 Å². The van der Waals surface area contributed by atoms with E-state index in [0.717, 1.165) is 11.3 Å². The molecule has 1 heterocycles. The molecule has 0 bridgehead atoms. The van der Waals surface area contributed by atoms with E-state index in [1.54, 1.807) is 18.2 Å². The van der Waals surface area contributed by atoms with Gasteiger partial charge in [-0.05, 0) is 41.1 Å². The summed E-state index contributed by atoms with van der Waals surface area (Å²) in [7, 11) is 0. The Morgan fingerprint density at radius 1 is 1.06 bits per heavy atom. The van der Waals surface area contributed by atoms with Gasteiger partial charge in [-0.15, -0.1) is 0 Å². The maximum absolute atomic E-state index is 5.98. The quantitative estimate of drug-likeness (QED) is 0.661. The normalized spacial score (nSPS) is 10.6. The zero-order chi connectivity index (χ0) is 12.6. The maximum atomic E-state index is 5.98. The van der Waals surface area contributed by atoms with Crippen LogP contribution in [0.15, 0.2) is 22.7 Å². The molecule has 1 aromatic heterocycles. The molecule has 2 aromatic rings. The summed E-state index contributed by atoms with van der Waals surface area (Å²) < 4.78 is 0.697. The Labute approximate surface area is 122 Å². The van der Waals surface area contributed by atoms with Crippen molar-refractivity contribution in [3.63, 3.8) is 0 Å². The van der Waals surface area contributed by atoms with Crippen LogP contribution in [0, 0.1) is 6.92 Å². The van der Waals surface area contributed by atoms with Crippen molar-refractivity contribution in [1.29, 1.82) is 0 Å². The minimum atomic E-state index is 0.374. The predicted octanol–water partition coefficient (Wildman–Crippen LogP) is 5.17. The molecule has 0 saturated carbocycles. The van der Waals surface area contributed by atoms with Crippen molar-refractivity contribution >= 4 is 50.7 Å². The second kappa shape index (κ2) is 5.11. The maximum Gasteiger partial charge on any atom is 0.161 e. The first kappa shape index (κ1) is 13.1. The van der Waals surface area contributed by atoms with Crippen LogP contribution in [0.25, 0.3) is 11.4 Å². The van der Waals surface area contributed by atoms with Crippen molar-refractivity contribution < 1.29 is 0 Å². The van der Waals surface area contributed by atoms with Crippen LogP contribution in [0.2, 0.25) is 15.2 Å². The highest BCUT2D eigenvalue weighted by molar-refractivity contribution is 9.10. The Morgan fingerprint density at radius 2 is 1.76 bits per heavy atom. The minimum absolute atomic E-state index is 0.374. The van der Waals surface area contributed by atoms with Gasteiger partial charge in [0, 0.05) is 5.56 Å². The molecule has 0 radical (unpaired) electrons. The topological polar surface area (TPSA) is 25.8 Å². The first-order valence-electron chi connectivity index (χ1n) is 4.64. The van der Waals surface area contributed by atoms with Crippen LogP contribution in [-0.4, -0.2) is 9.97 Å². The van der Waals surface area contributed by atoms with Crippen LogP contribution in [0.3, 0.4) is 0 Å². The highest BCUT2D eigenvalue weighted by Crippen LogP contribution is 2.30. The van der Waals surface area contributed by atoms with Crippen molar-refractivity contribution in [2.45, 2.75) is 6.92 Å². The van der Waals surface area contributed by atoms with Crippen molar-refractivity contribution in [1.82, 2.24) is 9.97 Å². The summed E-state index contributed by atoms with van der Waals surface area (Å²) in [5, 5.41) is 1.33. The summed E-state index contributed by atoms with van der Waals surface area (Å²) >= 11 is 21.1. The Balaban J connectivity index is 2.57. The summed E-state index contributed by atoms with van der Waals surface area (Å²) in [5.41, 5.74) is 1.54. The fourth-order valence-electron chi connectivity index (χ4n) is 1.29. The van der Waals surface area contributed by atoms with Gasteiger partial charge in [-0.2, -0.15) is 0 Å². The van der Waals surface area contributed by atoms with Crippen molar-refractivity contribution in [2.24, 2.45) is 0 Å². The summed E-state index contributed by atoms with van der Waals surface area (Å²) in [6, 6.07) is 5.21. The van der Waals surface area contributed by atoms with Gasteiger partial charge in [0.1, 0.15) is 5.15 Å². The summed E-state index contributed by atoms with van der Waals surface area (Å²) in [5.74, 6) is 0.522. The van der Waals surface area contributed by atoms with E-state index < -0.39 is 0 Å². The third-order valence-electron chi connectivity index (χ3n) is 2.15. The number of aryl methyl sites for hydroxylation is 1. The van der Waals surface area contributed by atoms with E-state index in [0.29, 0.717) is 25.5 Å². The minimum Gasteiger partial charge on any atom is -0.232 e. The number of halogens is 4. The zero-order valence-electron chi connectivity index (χ0n) is 8.64. The SMILES string of the molecule is Cc1nc(-c2ccc(Cl)c(Cl)c2)nc(Cl)c1Br. The van der Waals surface area contributed by atoms with E-state index in [1.165, 1.54) is 0 Å². The third-order valence-corrected chi connectivity index (χ3v) is 4.34. The van der Waals surface area contributed by atoms with Crippen LogP contribution in [0.5, 0.6) is 0 Å². The number of hydrogen-bond donors (Lipinski definition) is 0. The molecule has 0 N–H and O–H groups in total. The average Bonchev–Trinajstić information content (AvgIpc) is 2.29. The fourth-order valence-corrected chi connectivity index (χ4v) is 1.98. The highest BCUT2D eigenvalue weighted by atomic mass is 79.9. The van der Waals surface area contributed by atoms with Gasteiger partial charge >= 0.3 is 0 Å². The van der Waals surface area contributed by atoms with Gasteiger partial charge in [0.05, 0.1) is 20.2 Å². The molecule has 17 heavy (non-hydrogen) atoms. The smallest absolute Gasteiger partial charge is 0.161 e. The van der Waals surface area contributed by atoms with Gasteiger partial charge in [-0.1, -0.05) is 34.8 Å². The Morgan fingerprint density at radius 3 is 2.35 bits per heavy atom. The highest BCUT2D eigenvalue weighted by Gasteiger charge is 2.10. The molecule has 2 rings (SSSR count). The number of benzene rings is 1. The van der Waals surface area contributed by atoms with Gasteiger partial charge < -0.3 is 0 Å². The van der Waals surface area contributed by atoms with Crippen molar-refractivity contribution in [3.8, 4) is 11.4 Å². The van der Waals surface area contributed by atoms with Crippen LogP contribution in [0.4, 0.5) is 0 Å². The molecule has 0 aliphatic heterocycles. The Kier molecular flexibility index (Phi) is 3.93. The molecular formula is C11H6BrCl3N2. The second-order valence-electron chi connectivity index (χ2n) is 3.37. The molecule has 0 fully saturated rings. The van der Waals surface area contributed by atoms with E-state index in [2.05, 4.69) is 25.9 Å². The summed E-state index contributed by atoms with van der Waals surface area (Å²) in [6.45, 7) is 1.85. The molecule has 88 valence electrons. The lowest BCUT2D eigenvalue weighted by molar-refractivity contribution is 1.09. The number of nitrogens with zero attached hydrogens (tertiary/aromatic N) is 2. The van der Waals surface area contributed by atoms with Crippen molar-refractivity contribution in [3.05, 3.63) is 43.6 Å². The first-order valence-corrected chi connectivity index (χ1v) is 6.57. The molecule has 0 aliphatic rings. The molecule has 2 nitrogen and oxygen atoms in total. The Bertz CT molecular complexity index is 564. The molecule has 1 aromatic carbocycles. The second-order valence-corrected chi connectivity index (χ2v) is 5.33. The number of rotatable bonds is 1.